The van der Waals surface area contributed by atoms with Crippen LogP contribution in [0.3, 0.4) is 0 Å². The van der Waals surface area contributed by atoms with E-state index in [0.717, 1.165) is 6.54 Å². The molecule has 6 heteroatoms. The summed E-state index contributed by atoms with van der Waals surface area (Å²) in [6.45, 7) is 1.98. The Hall–Kier alpha value is -1.40. The zero-order chi connectivity index (χ0) is 12.3. The van der Waals surface area contributed by atoms with E-state index in [1.54, 1.807) is 11.0 Å². The predicted molar refractivity (Wildman–Crippen MR) is 62.8 cm³/mol. The summed E-state index contributed by atoms with van der Waals surface area (Å²) in [5, 5.41) is 3.89. The largest absolute Gasteiger partial charge is 0.467 e. The standard InChI is InChI=1S/C11H14N2O3S/c1-16-11(15)8-7-12-4-5-13(8)10(14)9-3-2-6-17-9/h2-3,6,8,12H,4-5,7H2,1H3/p+1/t8-/m1/s1. The Labute approximate surface area is 103 Å². The van der Waals surface area contributed by atoms with Gasteiger partial charge in [-0.15, -0.1) is 11.3 Å². The highest BCUT2D eigenvalue weighted by Crippen LogP contribution is 2.14. The minimum absolute atomic E-state index is 0.0801. The molecule has 0 saturated carbocycles. The van der Waals surface area contributed by atoms with Gasteiger partial charge in [0, 0.05) is 0 Å². The van der Waals surface area contributed by atoms with Crippen LogP contribution in [0.4, 0.5) is 0 Å². The molecule has 0 unspecified atom stereocenters. The lowest BCUT2D eigenvalue weighted by Crippen LogP contribution is -2.92. The zero-order valence-electron chi connectivity index (χ0n) is 9.59. The van der Waals surface area contributed by atoms with Crippen molar-refractivity contribution in [2.75, 3.05) is 26.7 Å². The average molecular weight is 255 g/mol. The Morgan fingerprint density at radius 3 is 3.06 bits per heavy atom. The summed E-state index contributed by atoms with van der Waals surface area (Å²) in [6.07, 6.45) is 0. The van der Waals surface area contributed by atoms with Crippen molar-refractivity contribution in [3.05, 3.63) is 22.4 Å². The molecule has 17 heavy (non-hydrogen) atoms. The van der Waals surface area contributed by atoms with Gasteiger partial charge < -0.3 is 15.0 Å². The smallest absolute Gasteiger partial charge is 0.334 e. The Kier molecular flexibility index (Phi) is 3.75. The fraction of sp³-hybridized carbons (Fsp3) is 0.455. The molecule has 1 aliphatic rings. The van der Waals surface area contributed by atoms with Crippen LogP contribution in [0.2, 0.25) is 0 Å². The Bertz CT molecular complexity index is 405. The molecular weight excluding hydrogens is 240 g/mol. The molecule has 2 N–H and O–H groups in total. The number of nitrogens with zero attached hydrogens (tertiary/aromatic N) is 1. The summed E-state index contributed by atoms with van der Waals surface area (Å²) >= 11 is 1.39. The number of carbonyl (C=O) groups is 2. The SMILES string of the molecule is COC(=O)[C@H]1C[NH2+]CCN1C(=O)c1cccs1. The molecule has 2 heterocycles. The Balaban J connectivity index is 2.16. The molecule has 0 bridgehead atoms. The van der Waals surface area contributed by atoms with Gasteiger partial charge in [-0.25, -0.2) is 4.79 Å². The Morgan fingerprint density at radius 2 is 2.41 bits per heavy atom. The maximum atomic E-state index is 12.2. The number of thiophene rings is 1. The number of rotatable bonds is 2. The second-order valence-electron chi connectivity index (χ2n) is 3.83. The number of esters is 1. The van der Waals surface area contributed by atoms with Gasteiger partial charge >= 0.3 is 5.97 Å². The summed E-state index contributed by atoms with van der Waals surface area (Å²) in [4.78, 5) is 26.1. The molecule has 0 radical (unpaired) electrons. The molecule has 92 valence electrons. The van der Waals surface area contributed by atoms with Crippen LogP contribution in [-0.2, 0) is 9.53 Å². The van der Waals surface area contributed by atoms with E-state index < -0.39 is 6.04 Å². The van der Waals surface area contributed by atoms with E-state index >= 15 is 0 Å². The molecule has 0 spiro atoms. The van der Waals surface area contributed by atoms with Crippen molar-refractivity contribution < 1.29 is 19.6 Å². The number of nitrogens with two attached hydrogens (primary N) is 1. The van der Waals surface area contributed by atoms with Crippen LogP contribution < -0.4 is 5.32 Å². The normalized spacial score (nSPS) is 20.1. The minimum atomic E-state index is -0.469. The lowest BCUT2D eigenvalue weighted by molar-refractivity contribution is -0.665. The van der Waals surface area contributed by atoms with Crippen molar-refractivity contribution in [2.45, 2.75) is 6.04 Å². The fourth-order valence-corrected chi connectivity index (χ4v) is 2.61. The fourth-order valence-electron chi connectivity index (χ4n) is 1.93. The van der Waals surface area contributed by atoms with Crippen molar-refractivity contribution in [1.29, 1.82) is 0 Å². The number of piperazine rings is 1. The second-order valence-corrected chi connectivity index (χ2v) is 4.78. The number of quaternary nitrogens is 1. The molecule has 5 nitrogen and oxygen atoms in total. The van der Waals surface area contributed by atoms with Gasteiger partial charge in [0.2, 0.25) is 0 Å². The van der Waals surface area contributed by atoms with E-state index in [1.807, 2.05) is 16.8 Å². The van der Waals surface area contributed by atoms with Gasteiger partial charge in [-0.05, 0) is 11.4 Å². The van der Waals surface area contributed by atoms with Crippen LogP contribution in [-0.4, -0.2) is 49.6 Å². The molecule has 0 aromatic carbocycles. The van der Waals surface area contributed by atoms with Crippen LogP contribution in [0.25, 0.3) is 0 Å². The summed E-state index contributed by atoms with van der Waals surface area (Å²) in [6, 6.07) is 3.14. The number of ether oxygens (including phenoxy) is 1. The summed E-state index contributed by atoms with van der Waals surface area (Å²) in [5.41, 5.74) is 0. The number of carbonyl (C=O) groups excluding carboxylic acids is 2. The molecule has 1 fully saturated rings. The molecule has 1 amide bonds. The maximum absolute atomic E-state index is 12.2. The van der Waals surface area contributed by atoms with Crippen LogP contribution in [0.15, 0.2) is 17.5 Å². The maximum Gasteiger partial charge on any atom is 0.334 e. The number of methoxy groups -OCH3 is 1. The molecular formula is C11H15N2O3S+. The molecule has 1 aromatic rings. The van der Waals surface area contributed by atoms with Gasteiger partial charge in [0.25, 0.3) is 5.91 Å². The quantitative estimate of drug-likeness (QED) is 0.711. The minimum Gasteiger partial charge on any atom is -0.467 e. The molecule has 2 rings (SSSR count). The van der Waals surface area contributed by atoms with Gasteiger partial charge in [0.1, 0.15) is 6.54 Å². The van der Waals surface area contributed by atoms with Crippen molar-refractivity contribution >= 4 is 23.2 Å². The first kappa shape index (κ1) is 12.1. The third kappa shape index (κ3) is 2.48. The van der Waals surface area contributed by atoms with Crippen molar-refractivity contribution in [1.82, 2.24) is 4.90 Å². The van der Waals surface area contributed by atoms with E-state index in [1.165, 1.54) is 18.4 Å². The molecule has 1 atom stereocenters. The van der Waals surface area contributed by atoms with Gasteiger partial charge in [0.15, 0.2) is 6.04 Å². The monoisotopic (exact) mass is 255 g/mol. The number of hydrogen-bond donors (Lipinski definition) is 1. The predicted octanol–water partition coefficient (Wildman–Crippen LogP) is -0.691. The highest BCUT2D eigenvalue weighted by molar-refractivity contribution is 7.12. The van der Waals surface area contributed by atoms with E-state index in [9.17, 15) is 9.59 Å². The second kappa shape index (κ2) is 5.29. The topological polar surface area (TPSA) is 63.2 Å². The van der Waals surface area contributed by atoms with Crippen molar-refractivity contribution in [2.24, 2.45) is 0 Å². The van der Waals surface area contributed by atoms with Gasteiger partial charge in [-0.1, -0.05) is 6.07 Å². The average Bonchev–Trinajstić information content (AvgIpc) is 2.91. The van der Waals surface area contributed by atoms with Crippen LogP contribution >= 0.6 is 11.3 Å². The first-order chi connectivity index (χ1) is 8.24. The van der Waals surface area contributed by atoms with Crippen LogP contribution in [0.1, 0.15) is 9.67 Å². The van der Waals surface area contributed by atoms with Crippen LogP contribution in [0, 0.1) is 0 Å². The first-order valence-corrected chi connectivity index (χ1v) is 6.36. The summed E-state index contributed by atoms with van der Waals surface area (Å²) < 4.78 is 4.74. The van der Waals surface area contributed by atoms with E-state index in [-0.39, 0.29) is 11.9 Å². The highest BCUT2D eigenvalue weighted by Gasteiger charge is 2.35. The van der Waals surface area contributed by atoms with Crippen molar-refractivity contribution in [3.8, 4) is 0 Å². The van der Waals surface area contributed by atoms with Gasteiger partial charge in [-0.2, -0.15) is 0 Å². The third-order valence-corrected chi connectivity index (χ3v) is 3.66. The lowest BCUT2D eigenvalue weighted by Gasteiger charge is -2.31. The number of hydrogen-bond acceptors (Lipinski definition) is 4. The lowest BCUT2D eigenvalue weighted by atomic mass is 10.2. The first-order valence-electron chi connectivity index (χ1n) is 5.48. The summed E-state index contributed by atoms with van der Waals surface area (Å²) in [5.74, 6) is -0.422. The molecule has 1 saturated heterocycles. The van der Waals surface area contributed by atoms with Gasteiger partial charge in [-0.3, -0.25) is 4.79 Å². The molecule has 1 aliphatic heterocycles. The van der Waals surface area contributed by atoms with Gasteiger partial charge in [0.05, 0.1) is 25.1 Å². The van der Waals surface area contributed by atoms with E-state index in [0.29, 0.717) is 18.0 Å². The Morgan fingerprint density at radius 1 is 1.59 bits per heavy atom. The third-order valence-electron chi connectivity index (χ3n) is 2.81. The highest BCUT2D eigenvalue weighted by atomic mass is 32.1. The van der Waals surface area contributed by atoms with E-state index in [4.69, 9.17) is 4.74 Å². The number of amides is 1. The van der Waals surface area contributed by atoms with Crippen LogP contribution in [0.5, 0.6) is 0 Å². The zero-order valence-corrected chi connectivity index (χ0v) is 10.4. The molecule has 0 aliphatic carbocycles. The molecule has 1 aromatic heterocycles. The summed E-state index contributed by atoms with van der Waals surface area (Å²) in [7, 11) is 1.35. The van der Waals surface area contributed by atoms with E-state index in [2.05, 4.69) is 0 Å². The van der Waals surface area contributed by atoms with Crippen molar-refractivity contribution in [3.63, 3.8) is 0 Å².